The summed E-state index contributed by atoms with van der Waals surface area (Å²) < 4.78 is 0. The molecule has 0 N–H and O–H groups in total. The maximum atomic E-state index is 2.76. The Bertz CT molecular complexity index is 144. The molecule has 0 bridgehead atoms. The third-order valence-electron chi connectivity index (χ3n) is 4.43. The average molecular weight is 197 g/mol. The van der Waals surface area contributed by atoms with Crippen molar-refractivity contribution in [3.8, 4) is 0 Å². The van der Waals surface area contributed by atoms with Crippen molar-refractivity contribution in [2.24, 2.45) is 5.92 Å². The molecule has 0 radical (unpaired) electrons. The van der Waals surface area contributed by atoms with E-state index in [1.165, 1.54) is 45.2 Å². The van der Waals surface area contributed by atoms with Crippen LogP contribution in [0, 0.1) is 5.92 Å². The van der Waals surface area contributed by atoms with E-state index >= 15 is 0 Å². The monoisotopic (exact) mass is 197 g/mol. The number of nitrogens with zero attached hydrogens (tertiary/aromatic N) is 1. The largest absolute Gasteiger partial charge is 0.298 e. The van der Waals surface area contributed by atoms with E-state index in [-0.39, 0.29) is 0 Å². The van der Waals surface area contributed by atoms with Gasteiger partial charge in [-0.05, 0) is 51.1 Å². The maximum Gasteiger partial charge on any atom is 0.0201 e. The van der Waals surface area contributed by atoms with Crippen molar-refractivity contribution in [1.29, 1.82) is 0 Å². The molecular weight excluding hydrogens is 170 g/mol. The lowest BCUT2D eigenvalue weighted by Gasteiger charge is -2.46. The number of rotatable bonds is 4. The van der Waals surface area contributed by atoms with Gasteiger partial charge in [0.15, 0.2) is 0 Å². The third kappa shape index (κ3) is 2.31. The predicted octanol–water partition coefficient (Wildman–Crippen LogP) is 3.69. The molecule has 0 amide bonds. The molecule has 0 aromatic carbocycles. The van der Waals surface area contributed by atoms with Crippen LogP contribution < -0.4 is 0 Å². The minimum absolute atomic E-state index is 0.514. The highest BCUT2D eigenvalue weighted by molar-refractivity contribution is 4.89. The highest BCUT2D eigenvalue weighted by Gasteiger charge is 2.33. The summed E-state index contributed by atoms with van der Waals surface area (Å²) in [6, 6.07) is 0. The molecule has 0 saturated carbocycles. The van der Waals surface area contributed by atoms with Crippen LogP contribution in [0.2, 0.25) is 0 Å². The standard InChI is InChI=1S/C13H27N/c1-5-13(6-2,7-3)14-10-8-12(4)9-11-14/h12H,5-11H2,1-4H3. The fourth-order valence-electron chi connectivity index (χ4n) is 2.90. The second-order valence-corrected chi connectivity index (χ2v) is 4.95. The number of hydrogen-bond acceptors (Lipinski definition) is 1. The first-order valence-corrected chi connectivity index (χ1v) is 6.43. The predicted molar refractivity (Wildman–Crippen MR) is 63.6 cm³/mol. The average Bonchev–Trinajstić information content (AvgIpc) is 2.24. The molecule has 1 heterocycles. The third-order valence-corrected chi connectivity index (χ3v) is 4.43. The first kappa shape index (κ1) is 12.0. The maximum absolute atomic E-state index is 2.76. The van der Waals surface area contributed by atoms with Crippen molar-refractivity contribution >= 4 is 0 Å². The first-order valence-electron chi connectivity index (χ1n) is 6.43. The topological polar surface area (TPSA) is 3.24 Å². The molecule has 0 spiro atoms. The normalized spacial score (nSPS) is 21.4. The van der Waals surface area contributed by atoms with Gasteiger partial charge in [0.05, 0.1) is 0 Å². The van der Waals surface area contributed by atoms with Crippen molar-refractivity contribution in [3.05, 3.63) is 0 Å². The molecule has 1 heteroatoms. The lowest BCUT2D eigenvalue weighted by Crippen LogP contribution is -2.50. The summed E-state index contributed by atoms with van der Waals surface area (Å²) in [5, 5.41) is 0. The van der Waals surface area contributed by atoms with Crippen molar-refractivity contribution in [3.63, 3.8) is 0 Å². The van der Waals surface area contributed by atoms with E-state index in [1.54, 1.807) is 0 Å². The summed E-state index contributed by atoms with van der Waals surface area (Å²) in [6.45, 7) is 12.1. The number of hydrogen-bond donors (Lipinski definition) is 0. The second-order valence-electron chi connectivity index (χ2n) is 4.95. The molecular formula is C13H27N. The van der Waals surface area contributed by atoms with Gasteiger partial charge in [-0.15, -0.1) is 0 Å². The van der Waals surface area contributed by atoms with Gasteiger partial charge in [-0.1, -0.05) is 27.7 Å². The fourth-order valence-corrected chi connectivity index (χ4v) is 2.90. The van der Waals surface area contributed by atoms with Gasteiger partial charge >= 0.3 is 0 Å². The quantitative estimate of drug-likeness (QED) is 0.664. The zero-order valence-corrected chi connectivity index (χ0v) is 10.5. The Morgan fingerprint density at radius 1 is 1.00 bits per heavy atom. The second kappa shape index (κ2) is 5.16. The van der Waals surface area contributed by atoms with Gasteiger partial charge in [0.2, 0.25) is 0 Å². The van der Waals surface area contributed by atoms with E-state index in [2.05, 4.69) is 32.6 Å². The van der Waals surface area contributed by atoms with Crippen LogP contribution in [-0.4, -0.2) is 23.5 Å². The SMILES string of the molecule is CCC(CC)(CC)N1CCC(C)CC1. The summed E-state index contributed by atoms with van der Waals surface area (Å²) in [7, 11) is 0. The van der Waals surface area contributed by atoms with Crippen molar-refractivity contribution in [1.82, 2.24) is 4.90 Å². The molecule has 0 aromatic heterocycles. The van der Waals surface area contributed by atoms with Crippen molar-refractivity contribution < 1.29 is 0 Å². The van der Waals surface area contributed by atoms with Gasteiger partial charge in [0, 0.05) is 5.54 Å². The van der Waals surface area contributed by atoms with Crippen molar-refractivity contribution in [2.75, 3.05) is 13.1 Å². The van der Waals surface area contributed by atoms with E-state index in [0.717, 1.165) is 5.92 Å². The van der Waals surface area contributed by atoms with E-state index in [1.807, 2.05) is 0 Å². The molecule has 0 aromatic rings. The van der Waals surface area contributed by atoms with Gasteiger partial charge in [0.25, 0.3) is 0 Å². The van der Waals surface area contributed by atoms with E-state index in [4.69, 9.17) is 0 Å². The molecule has 1 nitrogen and oxygen atoms in total. The number of likely N-dealkylation sites (tertiary alicyclic amines) is 1. The Labute approximate surface area is 89.9 Å². The molecule has 1 saturated heterocycles. The van der Waals surface area contributed by atoms with Gasteiger partial charge < -0.3 is 0 Å². The molecule has 1 fully saturated rings. The highest BCUT2D eigenvalue weighted by Crippen LogP contribution is 2.31. The van der Waals surface area contributed by atoms with E-state index in [0.29, 0.717) is 5.54 Å². The summed E-state index contributed by atoms with van der Waals surface area (Å²) in [6.07, 6.45) is 6.75. The molecule has 1 rings (SSSR count). The Balaban J connectivity index is 2.60. The molecule has 0 unspecified atom stereocenters. The van der Waals surface area contributed by atoms with Crippen LogP contribution in [0.25, 0.3) is 0 Å². The van der Waals surface area contributed by atoms with E-state index < -0.39 is 0 Å². The Kier molecular flexibility index (Phi) is 4.43. The molecule has 0 atom stereocenters. The van der Waals surface area contributed by atoms with Crippen LogP contribution in [-0.2, 0) is 0 Å². The first-order chi connectivity index (χ1) is 6.68. The minimum atomic E-state index is 0.514. The van der Waals surface area contributed by atoms with Crippen LogP contribution in [0.1, 0.15) is 59.8 Å². The minimum Gasteiger partial charge on any atom is -0.298 e. The summed E-state index contributed by atoms with van der Waals surface area (Å²) in [4.78, 5) is 2.76. The Morgan fingerprint density at radius 2 is 1.43 bits per heavy atom. The van der Waals surface area contributed by atoms with Crippen LogP contribution in [0.4, 0.5) is 0 Å². The lowest BCUT2D eigenvalue weighted by molar-refractivity contribution is 0.0416. The Morgan fingerprint density at radius 3 is 1.79 bits per heavy atom. The van der Waals surface area contributed by atoms with Gasteiger partial charge in [0.1, 0.15) is 0 Å². The number of piperidine rings is 1. The van der Waals surface area contributed by atoms with Crippen LogP contribution in [0.3, 0.4) is 0 Å². The van der Waals surface area contributed by atoms with Crippen molar-refractivity contribution in [2.45, 2.75) is 65.3 Å². The molecule has 1 aliphatic heterocycles. The summed E-state index contributed by atoms with van der Waals surface area (Å²) in [5.74, 6) is 0.953. The van der Waals surface area contributed by atoms with Crippen LogP contribution in [0.15, 0.2) is 0 Å². The van der Waals surface area contributed by atoms with Gasteiger partial charge in [-0.25, -0.2) is 0 Å². The van der Waals surface area contributed by atoms with E-state index in [9.17, 15) is 0 Å². The molecule has 84 valence electrons. The summed E-state index contributed by atoms with van der Waals surface area (Å²) >= 11 is 0. The smallest absolute Gasteiger partial charge is 0.0201 e. The Hall–Kier alpha value is -0.0400. The summed E-state index contributed by atoms with van der Waals surface area (Å²) in [5.41, 5.74) is 0.514. The lowest BCUT2D eigenvalue weighted by atomic mass is 9.84. The highest BCUT2D eigenvalue weighted by atomic mass is 15.2. The fraction of sp³-hybridized carbons (Fsp3) is 1.00. The van der Waals surface area contributed by atoms with Crippen LogP contribution >= 0.6 is 0 Å². The molecule has 1 aliphatic rings. The zero-order valence-electron chi connectivity index (χ0n) is 10.5. The zero-order chi connectivity index (χ0) is 10.6. The van der Waals surface area contributed by atoms with Gasteiger partial charge in [-0.2, -0.15) is 0 Å². The molecule has 14 heavy (non-hydrogen) atoms. The van der Waals surface area contributed by atoms with Gasteiger partial charge in [-0.3, -0.25) is 4.90 Å². The van der Waals surface area contributed by atoms with Crippen LogP contribution in [0.5, 0.6) is 0 Å². The molecule has 0 aliphatic carbocycles.